The number of ether oxygens (including phenoxy) is 1. The molecule has 2 aliphatic rings. The molecule has 122 valence electrons. The van der Waals surface area contributed by atoms with Crippen molar-refractivity contribution in [3.63, 3.8) is 0 Å². The van der Waals surface area contributed by atoms with E-state index in [1.165, 1.54) is 10.4 Å². The van der Waals surface area contributed by atoms with E-state index in [1.54, 1.807) is 24.0 Å². The Labute approximate surface area is 139 Å². The number of piperidine rings is 1. The fourth-order valence-electron chi connectivity index (χ4n) is 3.48. The van der Waals surface area contributed by atoms with Crippen LogP contribution in [0, 0.1) is 0 Å². The Morgan fingerprint density at radius 3 is 3.30 bits per heavy atom. The van der Waals surface area contributed by atoms with Crippen molar-refractivity contribution < 1.29 is 9.53 Å². The van der Waals surface area contributed by atoms with Crippen molar-refractivity contribution in [1.82, 2.24) is 19.7 Å². The fourth-order valence-corrected chi connectivity index (χ4v) is 4.40. The van der Waals surface area contributed by atoms with E-state index < -0.39 is 0 Å². The minimum atomic E-state index is -0.0794. The highest BCUT2D eigenvalue weighted by Gasteiger charge is 2.29. The molecule has 2 atom stereocenters. The second kappa shape index (κ2) is 6.41. The first-order valence-electron chi connectivity index (χ1n) is 8.11. The third kappa shape index (κ3) is 3.03. The Morgan fingerprint density at radius 1 is 1.48 bits per heavy atom. The molecule has 0 unspecified atom stereocenters. The van der Waals surface area contributed by atoms with Gasteiger partial charge >= 0.3 is 0 Å². The second-order valence-electron chi connectivity index (χ2n) is 6.12. The van der Waals surface area contributed by atoms with Crippen LogP contribution in [0.3, 0.4) is 0 Å². The molecule has 0 N–H and O–H groups in total. The molecular weight excluding hydrogens is 312 g/mol. The minimum Gasteiger partial charge on any atom is -0.373 e. The summed E-state index contributed by atoms with van der Waals surface area (Å²) in [4.78, 5) is 20.1. The molecule has 1 amide bonds. The van der Waals surface area contributed by atoms with E-state index in [-0.39, 0.29) is 18.1 Å². The van der Waals surface area contributed by atoms with Crippen molar-refractivity contribution in [2.24, 2.45) is 0 Å². The Hall–Kier alpha value is -1.73. The number of hydrogen-bond acceptors (Lipinski definition) is 5. The third-order valence-electron chi connectivity index (χ3n) is 4.69. The largest absolute Gasteiger partial charge is 0.373 e. The molecule has 4 rings (SSSR count). The molecule has 2 aromatic heterocycles. The molecule has 0 radical (unpaired) electrons. The van der Waals surface area contributed by atoms with Gasteiger partial charge in [0, 0.05) is 24.4 Å². The van der Waals surface area contributed by atoms with Gasteiger partial charge in [-0.1, -0.05) is 0 Å². The van der Waals surface area contributed by atoms with Crippen LogP contribution in [0.4, 0.5) is 0 Å². The number of fused-ring (bicyclic) bond motifs is 1. The average molecular weight is 332 g/mol. The first kappa shape index (κ1) is 14.8. The lowest BCUT2D eigenvalue weighted by molar-refractivity contribution is -0.136. The van der Waals surface area contributed by atoms with Gasteiger partial charge in [-0.3, -0.25) is 4.79 Å². The van der Waals surface area contributed by atoms with Crippen molar-refractivity contribution in [3.05, 3.63) is 34.5 Å². The van der Waals surface area contributed by atoms with Crippen LogP contribution >= 0.6 is 11.3 Å². The molecule has 2 aromatic rings. The third-order valence-corrected chi connectivity index (χ3v) is 5.69. The summed E-state index contributed by atoms with van der Waals surface area (Å²) in [5.41, 5.74) is 1.21. The fraction of sp³-hybridized carbons (Fsp3) is 0.562. The number of carbonyl (C=O) groups is 1. The Morgan fingerprint density at radius 2 is 2.43 bits per heavy atom. The van der Waals surface area contributed by atoms with Gasteiger partial charge in [0.1, 0.15) is 12.7 Å². The lowest BCUT2D eigenvalue weighted by Gasteiger charge is -2.34. The molecule has 1 saturated heterocycles. The summed E-state index contributed by atoms with van der Waals surface area (Å²) in [6.45, 7) is 2.26. The molecule has 6 nitrogen and oxygen atoms in total. The van der Waals surface area contributed by atoms with Gasteiger partial charge in [-0.15, -0.1) is 11.3 Å². The van der Waals surface area contributed by atoms with Gasteiger partial charge in [0.25, 0.3) is 0 Å². The van der Waals surface area contributed by atoms with Gasteiger partial charge in [0.2, 0.25) is 5.91 Å². The summed E-state index contributed by atoms with van der Waals surface area (Å²) in [5.74, 6) is 0.180. The summed E-state index contributed by atoms with van der Waals surface area (Å²) in [6.07, 6.45) is 6.66. The molecule has 23 heavy (non-hydrogen) atoms. The first-order chi connectivity index (χ1) is 11.3. The second-order valence-corrected chi connectivity index (χ2v) is 7.12. The smallest absolute Gasteiger partial charge is 0.225 e. The zero-order valence-electron chi connectivity index (χ0n) is 12.9. The summed E-state index contributed by atoms with van der Waals surface area (Å²) < 4.78 is 7.72. The van der Waals surface area contributed by atoms with Gasteiger partial charge in [0.15, 0.2) is 0 Å². The minimum absolute atomic E-state index is 0.0794. The van der Waals surface area contributed by atoms with Crippen LogP contribution in [0.15, 0.2) is 24.1 Å². The molecule has 4 heterocycles. The zero-order valence-corrected chi connectivity index (χ0v) is 13.7. The van der Waals surface area contributed by atoms with Gasteiger partial charge in [-0.25, -0.2) is 9.67 Å². The van der Waals surface area contributed by atoms with E-state index in [0.29, 0.717) is 19.6 Å². The SMILES string of the molecule is O=C(C[C@H]1OCCc2sccc21)N1CCC[C@H](n2cncn2)C1. The monoisotopic (exact) mass is 332 g/mol. The Kier molecular flexibility index (Phi) is 4.13. The number of likely N-dealkylation sites (tertiary alicyclic amines) is 1. The van der Waals surface area contributed by atoms with Crippen LogP contribution in [0.1, 0.15) is 41.8 Å². The van der Waals surface area contributed by atoms with Crippen molar-refractivity contribution in [2.45, 2.75) is 37.8 Å². The molecule has 0 aliphatic carbocycles. The van der Waals surface area contributed by atoms with Gasteiger partial charge in [-0.05, 0) is 29.9 Å². The zero-order chi connectivity index (χ0) is 15.6. The van der Waals surface area contributed by atoms with E-state index in [1.807, 2.05) is 9.58 Å². The number of nitrogens with zero attached hydrogens (tertiary/aromatic N) is 4. The normalized spacial score (nSPS) is 24.4. The number of amides is 1. The molecule has 0 aromatic carbocycles. The van der Waals surface area contributed by atoms with Gasteiger partial charge in [-0.2, -0.15) is 5.10 Å². The van der Waals surface area contributed by atoms with Crippen molar-refractivity contribution >= 4 is 17.2 Å². The highest BCUT2D eigenvalue weighted by Crippen LogP contribution is 2.34. The van der Waals surface area contributed by atoms with Crippen LogP contribution in [0.5, 0.6) is 0 Å². The highest BCUT2D eigenvalue weighted by atomic mass is 32.1. The van der Waals surface area contributed by atoms with E-state index in [4.69, 9.17) is 4.74 Å². The summed E-state index contributed by atoms with van der Waals surface area (Å²) in [6, 6.07) is 2.34. The summed E-state index contributed by atoms with van der Waals surface area (Å²) in [5, 5.41) is 6.31. The predicted molar refractivity (Wildman–Crippen MR) is 86.2 cm³/mol. The summed E-state index contributed by atoms with van der Waals surface area (Å²) in [7, 11) is 0. The standard InChI is InChI=1S/C16H20N4O2S/c21-16(8-14-13-4-7-23-15(13)3-6-22-14)19-5-1-2-12(9-19)20-11-17-10-18-20/h4,7,10-12,14H,1-3,5-6,8-9H2/t12-,14+/m0/s1. The average Bonchev–Trinajstić information content (AvgIpc) is 3.27. The van der Waals surface area contributed by atoms with Gasteiger partial charge in [0.05, 0.1) is 25.2 Å². The predicted octanol–water partition coefficient (Wildman–Crippen LogP) is 2.21. The summed E-state index contributed by atoms with van der Waals surface area (Å²) >= 11 is 1.77. The number of hydrogen-bond donors (Lipinski definition) is 0. The maximum absolute atomic E-state index is 12.7. The molecule has 0 bridgehead atoms. The van der Waals surface area contributed by atoms with Crippen LogP contribution in [0.2, 0.25) is 0 Å². The molecule has 0 spiro atoms. The van der Waals surface area contributed by atoms with E-state index >= 15 is 0 Å². The van der Waals surface area contributed by atoms with Crippen molar-refractivity contribution in [2.75, 3.05) is 19.7 Å². The van der Waals surface area contributed by atoms with Crippen LogP contribution in [-0.4, -0.2) is 45.3 Å². The van der Waals surface area contributed by atoms with E-state index in [0.717, 1.165) is 25.8 Å². The number of rotatable bonds is 3. The highest BCUT2D eigenvalue weighted by molar-refractivity contribution is 7.10. The quantitative estimate of drug-likeness (QED) is 0.864. The number of thiophene rings is 1. The topological polar surface area (TPSA) is 60.2 Å². The molecule has 2 aliphatic heterocycles. The molecular formula is C16H20N4O2S. The van der Waals surface area contributed by atoms with Crippen molar-refractivity contribution in [3.8, 4) is 0 Å². The first-order valence-corrected chi connectivity index (χ1v) is 8.99. The maximum Gasteiger partial charge on any atom is 0.225 e. The van der Waals surface area contributed by atoms with E-state index in [2.05, 4.69) is 21.5 Å². The maximum atomic E-state index is 12.7. The van der Waals surface area contributed by atoms with Gasteiger partial charge < -0.3 is 9.64 Å². The van der Waals surface area contributed by atoms with Crippen LogP contribution < -0.4 is 0 Å². The van der Waals surface area contributed by atoms with Crippen LogP contribution in [0.25, 0.3) is 0 Å². The lowest BCUT2D eigenvalue weighted by Crippen LogP contribution is -2.41. The molecule has 1 fully saturated rings. The molecule has 7 heteroatoms. The number of carbonyl (C=O) groups excluding carboxylic acids is 1. The Balaban J connectivity index is 1.42. The van der Waals surface area contributed by atoms with Crippen molar-refractivity contribution in [1.29, 1.82) is 0 Å². The van der Waals surface area contributed by atoms with Crippen LogP contribution in [-0.2, 0) is 16.0 Å². The molecule has 0 saturated carbocycles. The lowest BCUT2D eigenvalue weighted by atomic mass is 10.0. The van der Waals surface area contributed by atoms with E-state index in [9.17, 15) is 4.79 Å². The number of aromatic nitrogens is 3. The Bertz CT molecular complexity index is 669.